The van der Waals surface area contributed by atoms with Crippen LogP contribution in [0.15, 0.2) is 48.8 Å². The van der Waals surface area contributed by atoms with Crippen molar-refractivity contribution in [2.75, 3.05) is 24.3 Å². The molecule has 0 radical (unpaired) electrons. The summed E-state index contributed by atoms with van der Waals surface area (Å²) >= 11 is 0. The molecule has 1 amide bonds. The number of hydrogen-bond acceptors (Lipinski definition) is 4. The molecule has 5 nitrogen and oxygen atoms in total. The van der Waals surface area contributed by atoms with E-state index in [1.54, 1.807) is 42.5 Å². The first-order chi connectivity index (χ1) is 9.68. The van der Waals surface area contributed by atoms with Crippen molar-refractivity contribution in [3.8, 4) is 5.75 Å². The van der Waals surface area contributed by atoms with Crippen molar-refractivity contribution in [3.63, 3.8) is 0 Å². The Balaban J connectivity index is 1.85. The maximum Gasteiger partial charge on any atom is 0.230 e. The van der Waals surface area contributed by atoms with Gasteiger partial charge in [-0.2, -0.15) is 0 Å². The third kappa shape index (κ3) is 3.47. The quantitative estimate of drug-likeness (QED) is 0.845. The van der Waals surface area contributed by atoms with Gasteiger partial charge in [-0.15, -0.1) is 0 Å². The average molecular weight is 271 g/mol. The van der Waals surface area contributed by atoms with Gasteiger partial charge in [-0.25, -0.2) is 0 Å². The van der Waals surface area contributed by atoms with Crippen LogP contribution in [0.1, 0.15) is 6.42 Å². The number of rotatable bonds is 5. The molecule has 0 unspecified atom stereocenters. The fraction of sp³-hybridized carbons (Fsp3) is 0.200. The van der Waals surface area contributed by atoms with Crippen molar-refractivity contribution < 1.29 is 9.53 Å². The highest BCUT2D eigenvalue weighted by molar-refractivity contribution is 5.92. The van der Waals surface area contributed by atoms with Crippen LogP contribution in [-0.2, 0) is 4.79 Å². The number of benzene rings is 1. The number of carbonyl (C=O) groups is 1. The average Bonchev–Trinajstić information content (AvgIpc) is 2.49. The molecule has 0 aliphatic heterocycles. The van der Waals surface area contributed by atoms with Crippen LogP contribution in [-0.4, -0.2) is 24.5 Å². The van der Waals surface area contributed by atoms with Gasteiger partial charge in [-0.05, 0) is 24.3 Å². The van der Waals surface area contributed by atoms with E-state index in [1.165, 1.54) is 0 Å². The van der Waals surface area contributed by atoms with Crippen LogP contribution in [0, 0.1) is 0 Å². The van der Waals surface area contributed by atoms with Gasteiger partial charge < -0.3 is 15.4 Å². The molecule has 0 aliphatic carbocycles. The van der Waals surface area contributed by atoms with E-state index in [1.807, 2.05) is 18.2 Å². The first-order valence-electron chi connectivity index (χ1n) is 6.32. The lowest BCUT2D eigenvalue weighted by Crippen LogP contribution is -2.27. The number of anilines is 2. The summed E-state index contributed by atoms with van der Waals surface area (Å²) in [5, 5.41) is 0. The van der Waals surface area contributed by atoms with Crippen molar-refractivity contribution in [3.05, 3.63) is 48.8 Å². The normalized spacial score (nSPS) is 10.1. The topological polar surface area (TPSA) is 68.5 Å². The first-order valence-corrected chi connectivity index (χ1v) is 6.32. The van der Waals surface area contributed by atoms with Crippen molar-refractivity contribution in [1.82, 2.24) is 4.98 Å². The molecule has 2 rings (SSSR count). The summed E-state index contributed by atoms with van der Waals surface area (Å²) in [6.07, 6.45) is 3.59. The van der Waals surface area contributed by atoms with Gasteiger partial charge in [0.2, 0.25) is 5.91 Å². The Kier molecular flexibility index (Phi) is 4.55. The summed E-state index contributed by atoms with van der Waals surface area (Å²) < 4.78 is 5.51. The minimum Gasteiger partial charge on any atom is -0.491 e. The molecule has 0 saturated heterocycles. The van der Waals surface area contributed by atoms with Gasteiger partial charge >= 0.3 is 0 Å². The number of nitrogens with two attached hydrogens (primary N) is 1. The van der Waals surface area contributed by atoms with Crippen LogP contribution in [0.2, 0.25) is 0 Å². The highest BCUT2D eigenvalue weighted by Crippen LogP contribution is 2.20. The van der Waals surface area contributed by atoms with E-state index in [0.717, 1.165) is 5.69 Å². The highest BCUT2D eigenvalue weighted by Gasteiger charge is 2.11. The number of amides is 1. The molecule has 0 saturated carbocycles. The summed E-state index contributed by atoms with van der Waals surface area (Å²) in [4.78, 5) is 17.6. The molecular weight excluding hydrogens is 254 g/mol. The SMILES string of the molecule is CN(C(=O)CCOc1ccccc1N)c1cccnc1. The molecule has 104 valence electrons. The largest absolute Gasteiger partial charge is 0.491 e. The summed E-state index contributed by atoms with van der Waals surface area (Å²) in [6.45, 7) is 0.289. The molecule has 5 heteroatoms. The van der Waals surface area contributed by atoms with Gasteiger partial charge in [0.15, 0.2) is 0 Å². The summed E-state index contributed by atoms with van der Waals surface area (Å²) in [5.74, 6) is 0.567. The van der Waals surface area contributed by atoms with E-state index >= 15 is 0 Å². The van der Waals surface area contributed by atoms with Crippen molar-refractivity contribution >= 4 is 17.3 Å². The Hall–Kier alpha value is -2.56. The number of nitrogens with zero attached hydrogens (tertiary/aromatic N) is 2. The number of pyridine rings is 1. The number of para-hydroxylation sites is 2. The Morgan fingerprint density at radius 3 is 2.80 bits per heavy atom. The number of nitrogen functional groups attached to an aromatic ring is 1. The van der Waals surface area contributed by atoms with Gasteiger partial charge in [0.1, 0.15) is 5.75 Å². The molecule has 0 fully saturated rings. The summed E-state index contributed by atoms with van der Waals surface area (Å²) in [5.41, 5.74) is 7.09. The van der Waals surface area contributed by atoms with Crippen LogP contribution in [0.3, 0.4) is 0 Å². The maximum absolute atomic E-state index is 12.0. The van der Waals surface area contributed by atoms with Gasteiger partial charge in [-0.3, -0.25) is 9.78 Å². The molecule has 0 aliphatic rings. The lowest BCUT2D eigenvalue weighted by Gasteiger charge is -2.17. The van der Waals surface area contributed by atoms with Gasteiger partial charge in [0.05, 0.1) is 30.6 Å². The third-order valence-corrected chi connectivity index (χ3v) is 2.90. The van der Waals surface area contributed by atoms with E-state index in [0.29, 0.717) is 11.4 Å². The predicted molar refractivity (Wildman–Crippen MR) is 78.6 cm³/mol. The zero-order valence-electron chi connectivity index (χ0n) is 11.3. The fourth-order valence-electron chi connectivity index (χ4n) is 1.72. The second-order valence-electron chi connectivity index (χ2n) is 4.30. The van der Waals surface area contributed by atoms with Crippen molar-refractivity contribution in [2.45, 2.75) is 6.42 Å². The molecule has 0 bridgehead atoms. The molecule has 1 aromatic heterocycles. The molecule has 2 aromatic rings. The Labute approximate surface area is 118 Å². The monoisotopic (exact) mass is 271 g/mol. The molecule has 1 heterocycles. The van der Waals surface area contributed by atoms with Gasteiger partial charge in [-0.1, -0.05) is 12.1 Å². The van der Waals surface area contributed by atoms with Crippen LogP contribution >= 0.6 is 0 Å². The number of hydrogen-bond donors (Lipinski definition) is 1. The zero-order valence-corrected chi connectivity index (χ0v) is 11.3. The standard InChI is InChI=1S/C15H17N3O2/c1-18(12-5-4-9-17-11-12)15(19)8-10-20-14-7-3-2-6-13(14)16/h2-7,9,11H,8,10,16H2,1H3. The van der Waals surface area contributed by atoms with Crippen molar-refractivity contribution in [1.29, 1.82) is 0 Å². The number of carbonyl (C=O) groups excluding carboxylic acids is 1. The number of aromatic nitrogens is 1. The van der Waals surface area contributed by atoms with Crippen LogP contribution < -0.4 is 15.4 Å². The van der Waals surface area contributed by atoms with Gasteiger partial charge in [0, 0.05) is 13.2 Å². The number of ether oxygens (including phenoxy) is 1. The smallest absolute Gasteiger partial charge is 0.230 e. The predicted octanol–water partition coefficient (Wildman–Crippen LogP) is 2.10. The Morgan fingerprint density at radius 1 is 1.30 bits per heavy atom. The van der Waals surface area contributed by atoms with Crippen LogP contribution in [0.4, 0.5) is 11.4 Å². The molecule has 2 N–H and O–H groups in total. The summed E-state index contributed by atoms with van der Waals surface area (Å²) in [7, 11) is 1.72. The summed E-state index contributed by atoms with van der Waals surface area (Å²) in [6, 6.07) is 10.9. The molecular formula is C15H17N3O2. The molecule has 0 spiro atoms. The van der Waals surface area contributed by atoms with E-state index in [4.69, 9.17) is 10.5 Å². The third-order valence-electron chi connectivity index (χ3n) is 2.90. The first kappa shape index (κ1) is 13.9. The minimum absolute atomic E-state index is 0.0347. The molecule has 20 heavy (non-hydrogen) atoms. The van der Waals surface area contributed by atoms with E-state index in [9.17, 15) is 4.79 Å². The van der Waals surface area contributed by atoms with E-state index in [-0.39, 0.29) is 18.9 Å². The highest BCUT2D eigenvalue weighted by atomic mass is 16.5. The van der Waals surface area contributed by atoms with Gasteiger partial charge in [0.25, 0.3) is 0 Å². The molecule has 1 aromatic carbocycles. The second-order valence-corrected chi connectivity index (χ2v) is 4.30. The van der Waals surface area contributed by atoms with Crippen LogP contribution in [0.5, 0.6) is 5.75 Å². The lowest BCUT2D eigenvalue weighted by molar-refractivity contribution is -0.118. The minimum atomic E-state index is -0.0347. The Morgan fingerprint density at radius 2 is 2.10 bits per heavy atom. The molecule has 0 atom stereocenters. The second kappa shape index (κ2) is 6.56. The maximum atomic E-state index is 12.0. The fourth-order valence-corrected chi connectivity index (χ4v) is 1.72. The van der Waals surface area contributed by atoms with Crippen LogP contribution in [0.25, 0.3) is 0 Å². The Bertz CT molecular complexity index is 572. The van der Waals surface area contributed by atoms with Crippen molar-refractivity contribution in [2.24, 2.45) is 0 Å². The zero-order chi connectivity index (χ0) is 14.4. The lowest BCUT2D eigenvalue weighted by atomic mass is 10.3. The van der Waals surface area contributed by atoms with E-state index < -0.39 is 0 Å². The van der Waals surface area contributed by atoms with E-state index in [2.05, 4.69) is 4.98 Å².